The van der Waals surface area contributed by atoms with Gasteiger partial charge in [0.15, 0.2) is 11.3 Å². The molecule has 2 N–H and O–H groups in total. The third-order valence-electron chi connectivity index (χ3n) is 1.80. The van der Waals surface area contributed by atoms with Gasteiger partial charge in [0, 0.05) is 13.1 Å². The molecule has 0 aromatic carbocycles. The van der Waals surface area contributed by atoms with Crippen molar-refractivity contribution in [2.75, 3.05) is 13.7 Å². The number of halogens is 1. The van der Waals surface area contributed by atoms with Crippen LogP contribution in [-0.4, -0.2) is 31.6 Å². The highest BCUT2D eigenvalue weighted by Crippen LogP contribution is 2.14. The van der Waals surface area contributed by atoms with Gasteiger partial charge in [0.25, 0.3) is 5.91 Å². The first-order valence-electron chi connectivity index (χ1n) is 5.13. The van der Waals surface area contributed by atoms with E-state index in [9.17, 15) is 14.4 Å². The van der Waals surface area contributed by atoms with Crippen LogP contribution in [0.15, 0.2) is 27.3 Å². The van der Waals surface area contributed by atoms with Crippen molar-refractivity contribution < 1.29 is 23.5 Å². The fourth-order valence-electron chi connectivity index (χ4n) is 0.978. The van der Waals surface area contributed by atoms with E-state index in [1.165, 1.54) is 13.1 Å². The fourth-order valence-corrected chi connectivity index (χ4v) is 1.30. The summed E-state index contributed by atoms with van der Waals surface area (Å²) in [7, 11) is 1.36. The van der Waals surface area contributed by atoms with E-state index in [1.54, 1.807) is 12.1 Å². The normalized spacial score (nSPS) is 10.2. The van der Waals surface area contributed by atoms with Crippen molar-refractivity contribution >= 4 is 39.9 Å². The highest BCUT2D eigenvalue weighted by atomic mass is 79.9. The summed E-state index contributed by atoms with van der Waals surface area (Å²) in [6, 6.07) is 2.64. The molecule has 0 saturated heterocycles. The molecule has 0 atom stereocenters. The second-order valence-corrected chi connectivity index (χ2v) is 3.99. The number of rotatable bonds is 4. The number of ether oxygens (including phenoxy) is 1. The molecule has 0 aliphatic carbocycles. The summed E-state index contributed by atoms with van der Waals surface area (Å²) in [5.74, 6) is -0.986. The topological polar surface area (TPSA) is 97.6 Å². The van der Waals surface area contributed by atoms with Gasteiger partial charge in [-0.1, -0.05) is 0 Å². The number of imide groups is 1. The molecular formula is C11H11BrN2O5. The fraction of sp³-hybridized carbons (Fsp3) is 0.182. The van der Waals surface area contributed by atoms with Gasteiger partial charge < -0.3 is 14.5 Å². The van der Waals surface area contributed by atoms with Crippen molar-refractivity contribution in [2.24, 2.45) is 0 Å². The summed E-state index contributed by atoms with van der Waals surface area (Å²) in [6.07, 6.45) is 2.50. The van der Waals surface area contributed by atoms with Gasteiger partial charge in [0.2, 0.25) is 0 Å². The molecule has 1 aromatic rings. The molecule has 0 aliphatic heterocycles. The van der Waals surface area contributed by atoms with Crippen LogP contribution in [0.2, 0.25) is 0 Å². The Kier molecular flexibility index (Phi) is 5.80. The minimum Gasteiger partial charge on any atom is -0.452 e. The molecule has 0 unspecified atom stereocenters. The number of esters is 1. The van der Waals surface area contributed by atoms with E-state index in [1.807, 2.05) is 5.32 Å². The molecule has 0 aliphatic rings. The van der Waals surface area contributed by atoms with Crippen molar-refractivity contribution in [3.8, 4) is 0 Å². The molecule has 8 heteroatoms. The SMILES string of the molecule is CNC(=O)NC(=O)COC(=O)C=Cc1ccc(Br)o1. The third kappa shape index (κ3) is 5.87. The molecule has 0 bridgehead atoms. The molecule has 102 valence electrons. The van der Waals surface area contributed by atoms with E-state index in [-0.39, 0.29) is 0 Å². The minimum atomic E-state index is -0.723. The van der Waals surface area contributed by atoms with Crippen LogP contribution >= 0.6 is 15.9 Å². The lowest BCUT2D eigenvalue weighted by Gasteiger charge is -2.02. The maximum absolute atomic E-state index is 11.2. The van der Waals surface area contributed by atoms with Crippen LogP contribution in [0.4, 0.5) is 4.79 Å². The molecule has 1 heterocycles. The zero-order chi connectivity index (χ0) is 14.3. The van der Waals surface area contributed by atoms with Gasteiger partial charge in [-0.2, -0.15) is 0 Å². The first-order chi connectivity index (χ1) is 9.01. The number of urea groups is 1. The number of hydrogen-bond acceptors (Lipinski definition) is 5. The van der Waals surface area contributed by atoms with Crippen LogP contribution in [0, 0.1) is 0 Å². The molecule has 3 amide bonds. The van der Waals surface area contributed by atoms with Crippen molar-refractivity contribution in [3.63, 3.8) is 0 Å². The van der Waals surface area contributed by atoms with Gasteiger partial charge in [-0.05, 0) is 34.1 Å². The first-order valence-corrected chi connectivity index (χ1v) is 5.92. The Balaban J connectivity index is 2.33. The molecule has 19 heavy (non-hydrogen) atoms. The van der Waals surface area contributed by atoms with Gasteiger partial charge in [0.1, 0.15) is 5.76 Å². The average Bonchev–Trinajstić information content (AvgIpc) is 2.79. The van der Waals surface area contributed by atoms with Crippen molar-refractivity contribution in [1.82, 2.24) is 10.6 Å². The lowest BCUT2D eigenvalue weighted by molar-refractivity contribution is -0.143. The van der Waals surface area contributed by atoms with Gasteiger partial charge in [-0.15, -0.1) is 0 Å². The molecule has 1 aromatic heterocycles. The highest BCUT2D eigenvalue weighted by Gasteiger charge is 2.08. The van der Waals surface area contributed by atoms with Crippen LogP contribution < -0.4 is 10.6 Å². The zero-order valence-electron chi connectivity index (χ0n) is 9.94. The third-order valence-corrected chi connectivity index (χ3v) is 2.23. The predicted molar refractivity (Wildman–Crippen MR) is 69.0 cm³/mol. The Hall–Kier alpha value is -2.09. The maximum atomic E-state index is 11.2. The zero-order valence-corrected chi connectivity index (χ0v) is 11.5. The van der Waals surface area contributed by atoms with Crippen LogP contribution in [0.1, 0.15) is 5.76 Å². The monoisotopic (exact) mass is 330 g/mol. The second-order valence-electron chi connectivity index (χ2n) is 3.21. The minimum absolute atomic E-state index is 0.457. The van der Waals surface area contributed by atoms with E-state index in [0.29, 0.717) is 10.4 Å². The number of hydrogen-bond donors (Lipinski definition) is 2. The summed E-state index contributed by atoms with van der Waals surface area (Å²) >= 11 is 3.11. The predicted octanol–water partition coefficient (Wildman–Crippen LogP) is 1.05. The van der Waals surface area contributed by atoms with Crippen LogP contribution in [0.3, 0.4) is 0 Å². The van der Waals surface area contributed by atoms with E-state index in [0.717, 1.165) is 6.08 Å². The van der Waals surface area contributed by atoms with Crippen molar-refractivity contribution in [1.29, 1.82) is 0 Å². The van der Waals surface area contributed by atoms with E-state index in [4.69, 9.17) is 4.42 Å². The summed E-state index contributed by atoms with van der Waals surface area (Å²) in [5.41, 5.74) is 0. The van der Waals surface area contributed by atoms with Gasteiger partial charge in [0.05, 0.1) is 0 Å². The maximum Gasteiger partial charge on any atom is 0.331 e. The summed E-state index contributed by atoms with van der Waals surface area (Å²) < 4.78 is 10.3. The Morgan fingerprint density at radius 3 is 2.74 bits per heavy atom. The van der Waals surface area contributed by atoms with Gasteiger partial charge in [-0.25, -0.2) is 9.59 Å². The summed E-state index contributed by atoms with van der Waals surface area (Å²) in [5, 5.41) is 4.14. The largest absolute Gasteiger partial charge is 0.452 e. The number of furan rings is 1. The second kappa shape index (κ2) is 7.37. The quantitative estimate of drug-likeness (QED) is 0.635. The Morgan fingerprint density at radius 1 is 1.42 bits per heavy atom. The number of carbonyl (C=O) groups excluding carboxylic acids is 3. The average molecular weight is 331 g/mol. The van der Waals surface area contributed by atoms with E-state index < -0.39 is 24.5 Å². The molecule has 0 radical (unpaired) electrons. The van der Waals surface area contributed by atoms with Gasteiger partial charge >= 0.3 is 12.0 Å². The van der Waals surface area contributed by atoms with Crippen LogP contribution in [0.5, 0.6) is 0 Å². The molecule has 0 fully saturated rings. The number of nitrogens with one attached hydrogen (secondary N) is 2. The van der Waals surface area contributed by atoms with Gasteiger partial charge in [-0.3, -0.25) is 10.1 Å². The first kappa shape index (κ1) is 15.0. The summed E-state index contributed by atoms with van der Waals surface area (Å²) in [6.45, 7) is -0.543. The smallest absolute Gasteiger partial charge is 0.331 e. The molecule has 1 rings (SSSR count). The molecular weight excluding hydrogens is 320 g/mol. The Labute approximate surface area is 117 Å². The number of amides is 3. The standard InChI is InChI=1S/C11H11BrN2O5/c1-13-11(17)14-9(15)6-18-10(16)5-3-7-2-4-8(12)19-7/h2-5H,6H2,1H3,(H2,13,14,15,17). The molecule has 0 spiro atoms. The lowest BCUT2D eigenvalue weighted by atomic mass is 10.4. The Morgan fingerprint density at radius 2 is 2.16 bits per heavy atom. The summed E-state index contributed by atoms with van der Waals surface area (Å²) in [4.78, 5) is 33.1. The van der Waals surface area contributed by atoms with E-state index in [2.05, 4.69) is 26.0 Å². The van der Waals surface area contributed by atoms with Crippen molar-refractivity contribution in [3.05, 3.63) is 28.6 Å². The van der Waals surface area contributed by atoms with Crippen LogP contribution in [0.25, 0.3) is 6.08 Å². The molecule has 0 saturated carbocycles. The molecule has 7 nitrogen and oxygen atoms in total. The van der Waals surface area contributed by atoms with E-state index >= 15 is 0 Å². The number of carbonyl (C=O) groups is 3. The lowest BCUT2D eigenvalue weighted by Crippen LogP contribution is -2.39. The Bertz CT molecular complexity index is 509. The van der Waals surface area contributed by atoms with Crippen molar-refractivity contribution in [2.45, 2.75) is 0 Å². The highest BCUT2D eigenvalue weighted by molar-refractivity contribution is 9.10. The van der Waals surface area contributed by atoms with Crippen LogP contribution in [-0.2, 0) is 14.3 Å².